The number of rotatable bonds is 6. The molecule has 0 radical (unpaired) electrons. The number of hydrogen-bond acceptors (Lipinski definition) is 6. The first kappa shape index (κ1) is 22.9. The van der Waals surface area contributed by atoms with Gasteiger partial charge in [-0.3, -0.25) is 9.59 Å². The number of aliphatic hydroxyl groups is 1. The Kier molecular flexibility index (Phi) is 6.45. The van der Waals surface area contributed by atoms with Gasteiger partial charge in [-0.05, 0) is 42.8 Å². The summed E-state index contributed by atoms with van der Waals surface area (Å²) in [6.45, 7) is 1.29. The monoisotopic (exact) mass is 472 g/mol. The van der Waals surface area contributed by atoms with Crippen LogP contribution in [0.15, 0.2) is 52.4 Å². The van der Waals surface area contributed by atoms with Crippen molar-refractivity contribution in [1.29, 1.82) is 0 Å². The highest BCUT2D eigenvalue weighted by Crippen LogP contribution is 2.22. The number of benzene rings is 2. The number of hydrogen-bond donors (Lipinski definition) is 2. The minimum atomic E-state index is -3.47. The zero-order valence-corrected chi connectivity index (χ0v) is 18.8. The normalized spacial score (nSPS) is 15.4. The van der Waals surface area contributed by atoms with Gasteiger partial charge < -0.3 is 24.3 Å². The summed E-state index contributed by atoms with van der Waals surface area (Å²) in [5, 5.41) is 9.30. The molecule has 1 saturated heterocycles. The van der Waals surface area contributed by atoms with Gasteiger partial charge in [0.1, 0.15) is 6.61 Å². The van der Waals surface area contributed by atoms with E-state index in [4.69, 9.17) is 4.74 Å². The van der Waals surface area contributed by atoms with Crippen molar-refractivity contribution in [2.45, 2.75) is 17.9 Å². The van der Waals surface area contributed by atoms with Gasteiger partial charge in [0.05, 0.1) is 22.5 Å². The van der Waals surface area contributed by atoms with E-state index >= 15 is 0 Å². The van der Waals surface area contributed by atoms with Gasteiger partial charge in [0.2, 0.25) is 5.62 Å². The first-order chi connectivity index (χ1) is 15.8. The molecule has 1 aromatic heterocycles. The highest BCUT2D eigenvalue weighted by molar-refractivity contribution is 7.90. The molecule has 0 aliphatic carbocycles. The molecule has 0 unspecified atom stereocenters. The van der Waals surface area contributed by atoms with E-state index in [1.165, 1.54) is 24.3 Å². The second-order valence-electron chi connectivity index (χ2n) is 7.69. The van der Waals surface area contributed by atoms with E-state index in [1.807, 2.05) is 18.2 Å². The molecular formula is C22H24N4O6S. The number of ether oxygens (including phenoxy) is 1. The molecule has 1 aliphatic rings. The number of amides is 2. The van der Waals surface area contributed by atoms with Gasteiger partial charge in [-0.1, -0.05) is 6.07 Å². The molecule has 174 valence electrons. The predicted molar refractivity (Wildman–Crippen MR) is 121 cm³/mol. The molecule has 2 heterocycles. The number of aliphatic hydroxyl groups excluding tert-OH is 1. The summed E-state index contributed by atoms with van der Waals surface area (Å²) in [5.41, 5.74) is 2.53. The average molecular weight is 473 g/mol. The van der Waals surface area contributed by atoms with Crippen molar-refractivity contribution in [3.05, 3.63) is 53.6 Å². The summed E-state index contributed by atoms with van der Waals surface area (Å²) in [4.78, 5) is 34.0. The Morgan fingerprint density at radius 2 is 2.06 bits per heavy atom. The van der Waals surface area contributed by atoms with Crippen LogP contribution in [-0.4, -0.2) is 67.5 Å². The zero-order valence-electron chi connectivity index (χ0n) is 18.0. The first-order valence-electron chi connectivity index (χ1n) is 10.4. The van der Waals surface area contributed by atoms with Gasteiger partial charge in [-0.2, -0.15) is 4.99 Å². The fourth-order valence-electron chi connectivity index (χ4n) is 3.68. The fourth-order valence-corrected chi connectivity index (χ4v) is 4.35. The van der Waals surface area contributed by atoms with Crippen molar-refractivity contribution in [2.24, 2.45) is 4.99 Å². The minimum absolute atomic E-state index is 0.0287. The Hall–Kier alpha value is -3.28. The van der Waals surface area contributed by atoms with Crippen molar-refractivity contribution in [3.63, 3.8) is 0 Å². The number of carbonyl (C=O) groups excluding carboxylic acids is 2. The van der Waals surface area contributed by atoms with E-state index in [0.29, 0.717) is 37.3 Å². The Morgan fingerprint density at radius 3 is 2.79 bits per heavy atom. The van der Waals surface area contributed by atoms with Crippen LogP contribution < -0.4 is 10.5 Å². The molecule has 0 bridgehead atoms. The van der Waals surface area contributed by atoms with E-state index in [1.54, 1.807) is 9.47 Å². The maximum Gasteiger partial charge on any atom is 0.280 e. The van der Waals surface area contributed by atoms with Crippen LogP contribution >= 0.6 is 0 Å². The van der Waals surface area contributed by atoms with Crippen molar-refractivity contribution in [2.75, 3.05) is 37.5 Å². The number of imidazole rings is 1. The SMILES string of the molecule is CS(=O)(=O)c1cccc(C(=O)/N=c2\[nH]c3cc(N4CCOCC4=O)ccc3n2CCCO)c1. The number of anilines is 1. The molecule has 2 aromatic carbocycles. The van der Waals surface area contributed by atoms with E-state index in [9.17, 15) is 23.1 Å². The van der Waals surface area contributed by atoms with Gasteiger partial charge in [0, 0.05) is 37.2 Å². The van der Waals surface area contributed by atoms with Crippen molar-refractivity contribution in [1.82, 2.24) is 9.55 Å². The quantitative estimate of drug-likeness (QED) is 0.547. The maximum atomic E-state index is 12.8. The Labute approximate surface area is 190 Å². The highest BCUT2D eigenvalue weighted by Gasteiger charge is 2.21. The van der Waals surface area contributed by atoms with Crippen LogP contribution in [0.4, 0.5) is 5.69 Å². The number of nitrogens with zero attached hydrogens (tertiary/aromatic N) is 3. The largest absolute Gasteiger partial charge is 0.396 e. The molecule has 11 heteroatoms. The Morgan fingerprint density at radius 1 is 1.24 bits per heavy atom. The lowest BCUT2D eigenvalue weighted by molar-refractivity contribution is -0.125. The van der Waals surface area contributed by atoms with Gasteiger partial charge in [-0.15, -0.1) is 0 Å². The third kappa shape index (κ3) is 4.90. The third-order valence-electron chi connectivity index (χ3n) is 5.33. The van der Waals surface area contributed by atoms with Crippen molar-refractivity contribution >= 4 is 38.4 Å². The van der Waals surface area contributed by atoms with Gasteiger partial charge in [-0.25, -0.2) is 8.42 Å². The summed E-state index contributed by atoms with van der Waals surface area (Å²) in [5.74, 6) is -0.737. The summed E-state index contributed by atoms with van der Waals surface area (Å²) in [6, 6.07) is 11.2. The number of H-pyrrole nitrogens is 1. The summed E-state index contributed by atoms with van der Waals surface area (Å²) >= 11 is 0. The molecular weight excluding hydrogens is 448 g/mol. The van der Waals surface area contributed by atoms with E-state index < -0.39 is 15.7 Å². The predicted octanol–water partition coefficient (Wildman–Crippen LogP) is 0.860. The third-order valence-corrected chi connectivity index (χ3v) is 6.44. The Balaban J connectivity index is 1.77. The molecule has 0 saturated carbocycles. The van der Waals surface area contributed by atoms with Crippen LogP contribution in [0.1, 0.15) is 16.8 Å². The molecule has 3 aromatic rings. The number of morpholine rings is 1. The number of aromatic nitrogens is 2. The van der Waals surface area contributed by atoms with E-state index in [0.717, 1.165) is 11.8 Å². The fraction of sp³-hybridized carbons (Fsp3) is 0.318. The van der Waals surface area contributed by atoms with Crippen LogP contribution in [0, 0.1) is 0 Å². The lowest BCUT2D eigenvalue weighted by atomic mass is 10.2. The van der Waals surface area contributed by atoms with Crippen LogP contribution in [0.25, 0.3) is 11.0 Å². The minimum Gasteiger partial charge on any atom is -0.396 e. The number of fused-ring (bicyclic) bond motifs is 1. The summed E-state index contributed by atoms with van der Waals surface area (Å²) < 4.78 is 30.6. The molecule has 10 nitrogen and oxygen atoms in total. The number of aromatic amines is 1. The number of sulfone groups is 1. The second kappa shape index (κ2) is 9.30. The summed E-state index contributed by atoms with van der Waals surface area (Å²) in [7, 11) is -3.47. The lowest BCUT2D eigenvalue weighted by Gasteiger charge is -2.26. The van der Waals surface area contributed by atoms with Gasteiger partial charge in [0.25, 0.3) is 11.8 Å². The molecule has 1 aliphatic heterocycles. The molecule has 4 rings (SSSR count). The first-order valence-corrected chi connectivity index (χ1v) is 12.3. The smallest absolute Gasteiger partial charge is 0.280 e. The molecule has 0 atom stereocenters. The maximum absolute atomic E-state index is 12.8. The molecule has 2 N–H and O–H groups in total. The van der Waals surface area contributed by atoms with Crippen LogP contribution in [-0.2, 0) is 25.9 Å². The van der Waals surface area contributed by atoms with E-state index in [2.05, 4.69) is 9.98 Å². The number of carbonyl (C=O) groups is 2. The Bertz CT molecular complexity index is 1390. The van der Waals surface area contributed by atoms with Crippen LogP contribution in [0.5, 0.6) is 0 Å². The second-order valence-corrected chi connectivity index (χ2v) is 9.71. The highest BCUT2D eigenvalue weighted by atomic mass is 32.2. The summed E-state index contributed by atoms with van der Waals surface area (Å²) in [6.07, 6.45) is 1.52. The number of aryl methyl sites for hydroxylation is 1. The molecule has 33 heavy (non-hydrogen) atoms. The molecule has 0 spiro atoms. The van der Waals surface area contributed by atoms with Gasteiger partial charge >= 0.3 is 0 Å². The topological polar surface area (TPSA) is 134 Å². The average Bonchev–Trinajstić information content (AvgIpc) is 3.13. The van der Waals surface area contributed by atoms with E-state index in [-0.39, 0.29) is 35.2 Å². The van der Waals surface area contributed by atoms with Crippen molar-refractivity contribution in [3.8, 4) is 0 Å². The lowest BCUT2D eigenvalue weighted by Crippen LogP contribution is -2.41. The zero-order chi connectivity index (χ0) is 23.6. The van der Waals surface area contributed by atoms with Crippen molar-refractivity contribution < 1.29 is 27.9 Å². The number of nitrogens with one attached hydrogen (secondary N) is 1. The standard InChI is InChI=1S/C22H24N4O6S/c1-33(30,31)17-5-2-4-15(12-17)21(29)24-22-23-18-13-16(25-9-11-32-14-20(25)28)6-7-19(18)26(22)8-3-10-27/h2,4-7,12-13,27H,3,8-11,14H2,1H3,(H,23,24,29). The van der Waals surface area contributed by atoms with Gasteiger partial charge in [0.15, 0.2) is 9.84 Å². The molecule has 1 fully saturated rings. The van der Waals surface area contributed by atoms with Crippen LogP contribution in [0.3, 0.4) is 0 Å². The van der Waals surface area contributed by atoms with Crippen LogP contribution in [0.2, 0.25) is 0 Å². The molecule has 2 amide bonds.